The molecule has 5 heteroatoms. The summed E-state index contributed by atoms with van der Waals surface area (Å²) in [4.78, 5) is 9.76. The van der Waals surface area contributed by atoms with Gasteiger partial charge in [0.1, 0.15) is 16.8 Å². The Hall–Kier alpha value is -1.77. The molecule has 0 amide bonds. The number of rotatable bonds is 5. The summed E-state index contributed by atoms with van der Waals surface area (Å²) >= 11 is 1.73. The number of hydrogen-bond donors (Lipinski definition) is 1. The molecule has 0 aliphatic heterocycles. The molecule has 1 N–H and O–H groups in total. The molecule has 98 valence electrons. The van der Waals surface area contributed by atoms with Crippen molar-refractivity contribution in [3.05, 3.63) is 45.7 Å². The average Bonchev–Trinajstić information content (AvgIpc) is 2.94. The van der Waals surface area contributed by atoms with Gasteiger partial charge < -0.3 is 5.32 Å². The van der Waals surface area contributed by atoms with Gasteiger partial charge in [-0.05, 0) is 19.4 Å². The van der Waals surface area contributed by atoms with E-state index < -0.39 is 0 Å². The predicted octanol–water partition coefficient (Wildman–Crippen LogP) is 2.82. The van der Waals surface area contributed by atoms with Gasteiger partial charge in [-0.2, -0.15) is 5.26 Å². The third-order valence-corrected chi connectivity index (χ3v) is 4.21. The van der Waals surface area contributed by atoms with Crippen molar-refractivity contribution in [2.45, 2.75) is 32.9 Å². The van der Waals surface area contributed by atoms with Crippen LogP contribution in [0.3, 0.4) is 0 Å². The molecule has 1 unspecified atom stereocenters. The van der Waals surface area contributed by atoms with Gasteiger partial charge in [0, 0.05) is 29.4 Å². The molecule has 0 saturated heterocycles. The molecular weight excluding hydrogens is 256 g/mol. The van der Waals surface area contributed by atoms with Crippen molar-refractivity contribution in [3.63, 3.8) is 0 Å². The van der Waals surface area contributed by atoms with E-state index in [2.05, 4.69) is 35.2 Å². The zero-order chi connectivity index (χ0) is 13.7. The third-order valence-electron chi connectivity index (χ3n) is 2.89. The first-order chi connectivity index (χ1) is 9.24. The van der Waals surface area contributed by atoms with Crippen LogP contribution in [-0.2, 0) is 13.0 Å². The molecule has 19 heavy (non-hydrogen) atoms. The van der Waals surface area contributed by atoms with E-state index in [0.717, 1.165) is 17.0 Å². The van der Waals surface area contributed by atoms with Crippen molar-refractivity contribution < 1.29 is 0 Å². The Morgan fingerprint density at radius 3 is 3.00 bits per heavy atom. The number of aromatic nitrogens is 2. The Morgan fingerprint density at radius 1 is 1.47 bits per heavy atom. The number of nitrogens with zero attached hydrogens (tertiary/aromatic N) is 3. The highest BCUT2D eigenvalue weighted by molar-refractivity contribution is 7.11. The standard InChI is InChI=1S/C14H16N4S/c1-3-12-9-18-14(19-12)10(2)17-8-11-5-4-6-16-13(11)7-15/h4-6,9-10,17H,3,8H2,1-2H3. The van der Waals surface area contributed by atoms with Crippen LogP contribution in [0.15, 0.2) is 24.5 Å². The molecule has 2 aromatic heterocycles. The SMILES string of the molecule is CCc1cnc(C(C)NCc2cccnc2C#N)s1. The quantitative estimate of drug-likeness (QED) is 0.909. The minimum atomic E-state index is 0.178. The van der Waals surface area contributed by atoms with Crippen molar-refractivity contribution in [3.8, 4) is 6.07 Å². The summed E-state index contributed by atoms with van der Waals surface area (Å²) in [5.41, 5.74) is 1.40. The van der Waals surface area contributed by atoms with Crippen molar-refractivity contribution in [1.82, 2.24) is 15.3 Å². The first-order valence-corrected chi connectivity index (χ1v) is 7.08. The van der Waals surface area contributed by atoms with E-state index in [1.54, 1.807) is 17.5 Å². The van der Waals surface area contributed by atoms with Gasteiger partial charge in [-0.15, -0.1) is 11.3 Å². The highest BCUT2D eigenvalue weighted by atomic mass is 32.1. The van der Waals surface area contributed by atoms with Crippen LogP contribution < -0.4 is 5.32 Å². The van der Waals surface area contributed by atoms with Crippen molar-refractivity contribution in [2.75, 3.05) is 0 Å². The predicted molar refractivity (Wildman–Crippen MR) is 75.7 cm³/mol. The molecule has 0 radical (unpaired) electrons. The van der Waals surface area contributed by atoms with Crippen LogP contribution in [-0.4, -0.2) is 9.97 Å². The Labute approximate surface area is 117 Å². The first-order valence-electron chi connectivity index (χ1n) is 6.26. The van der Waals surface area contributed by atoms with Crippen LogP contribution in [0.2, 0.25) is 0 Å². The van der Waals surface area contributed by atoms with Crippen LogP contribution in [0.5, 0.6) is 0 Å². The first kappa shape index (κ1) is 13.7. The van der Waals surface area contributed by atoms with Crippen molar-refractivity contribution in [2.24, 2.45) is 0 Å². The van der Waals surface area contributed by atoms with Crippen LogP contribution in [0.4, 0.5) is 0 Å². The second kappa shape index (κ2) is 6.41. The molecule has 0 saturated carbocycles. The molecule has 2 aromatic rings. The minimum absolute atomic E-state index is 0.178. The molecule has 2 rings (SSSR count). The van der Waals surface area contributed by atoms with E-state index in [1.807, 2.05) is 18.3 Å². The lowest BCUT2D eigenvalue weighted by Crippen LogP contribution is -2.18. The summed E-state index contributed by atoms with van der Waals surface area (Å²) in [6.45, 7) is 4.84. The maximum absolute atomic E-state index is 8.99. The van der Waals surface area contributed by atoms with Gasteiger partial charge in [0.2, 0.25) is 0 Å². The Kier molecular flexibility index (Phi) is 4.61. The summed E-state index contributed by atoms with van der Waals surface area (Å²) in [6, 6.07) is 6.06. The molecule has 2 heterocycles. The fourth-order valence-corrected chi connectivity index (χ4v) is 2.60. The average molecular weight is 272 g/mol. The lowest BCUT2D eigenvalue weighted by Gasteiger charge is -2.11. The number of pyridine rings is 1. The molecule has 0 aliphatic carbocycles. The van der Waals surface area contributed by atoms with Gasteiger partial charge in [-0.25, -0.2) is 9.97 Å². The summed E-state index contributed by atoms with van der Waals surface area (Å²) < 4.78 is 0. The monoisotopic (exact) mass is 272 g/mol. The van der Waals surface area contributed by atoms with Gasteiger partial charge >= 0.3 is 0 Å². The van der Waals surface area contributed by atoms with Crippen molar-refractivity contribution in [1.29, 1.82) is 5.26 Å². The van der Waals surface area contributed by atoms with Gasteiger partial charge in [0.25, 0.3) is 0 Å². The highest BCUT2D eigenvalue weighted by Crippen LogP contribution is 2.20. The van der Waals surface area contributed by atoms with Gasteiger partial charge in [-0.1, -0.05) is 13.0 Å². The van der Waals surface area contributed by atoms with Crippen LogP contribution in [0, 0.1) is 11.3 Å². The van der Waals surface area contributed by atoms with Crippen LogP contribution in [0.25, 0.3) is 0 Å². The molecule has 0 aliphatic rings. The summed E-state index contributed by atoms with van der Waals surface area (Å²) in [5.74, 6) is 0. The maximum Gasteiger partial charge on any atom is 0.144 e. The van der Waals surface area contributed by atoms with Gasteiger partial charge in [-0.3, -0.25) is 0 Å². The molecule has 0 aromatic carbocycles. The Bertz CT molecular complexity index is 585. The number of hydrogen-bond acceptors (Lipinski definition) is 5. The zero-order valence-corrected chi connectivity index (χ0v) is 11.9. The molecule has 4 nitrogen and oxygen atoms in total. The van der Waals surface area contributed by atoms with Gasteiger partial charge in [0.05, 0.1) is 6.04 Å². The lowest BCUT2D eigenvalue weighted by molar-refractivity contribution is 0.570. The number of nitriles is 1. The second-order valence-electron chi connectivity index (χ2n) is 4.24. The van der Waals surface area contributed by atoms with E-state index in [0.29, 0.717) is 12.2 Å². The summed E-state index contributed by atoms with van der Waals surface area (Å²) in [5, 5.41) is 13.5. The van der Waals surface area contributed by atoms with E-state index in [9.17, 15) is 0 Å². The molecular formula is C14H16N4S. The largest absolute Gasteiger partial charge is 0.304 e. The normalized spacial score (nSPS) is 12.1. The Balaban J connectivity index is 2.00. The molecule has 0 bridgehead atoms. The zero-order valence-electron chi connectivity index (χ0n) is 11.1. The summed E-state index contributed by atoms with van der Waals surface area (Å²) in [6.07, 6.45) is 4.59. The molecule has 0 spiro atoms. The summed E-state index contributed by atoms with van der Waals surface area (Å²) in [7, 11) is 0. The number of thiazole rings is 1. The highest BCUT2D eigenvalue weighted by Gasteiger charge is 2.10. The van der Waals surface area contributed by atoms with Gasteiger partial charge in [0.15, 0.2) is 0 Å². The number of aryl methyl sites for hydroxylation is 1. The van der Waals surface area contributed by atoms with E-state index in [-0.39, 0.29) is 6.04 Å². The van der Waals surface area contributed by atoms with Crippen LogP contribution in [0.1, 0.15) is 41.0 Å². The topological polar surface area (TPSA) is 61.6 Å². The van der Waals surface area contributed by atoms with Crippen molar-refractivity contribution >= 4 is 11.3 Å². The lowest BCUT2D eigenvalue weighted by atomic mass is 10.2. The number of nitrogens with one attached hydrogen (secondary N) is 1. The Morgan fingerprint density at radius 2 is 2.32 bits per heavy atom. The molecule has 1 atom stereocenters. The fourth-order valence-electron chi connectivity index (χ4n) is 1.72. The fraction of sp³-hybridized carbons (Fsp3) is 0.357. The third kappa shape index (κ3) is 3.37. The maximum atomic E-state index is 8.99. The van der Waals surface area contributed by atoms with E-state index in [1.165, 1.54) is 4.88 Å². The van der Waals surface area contributed by atoms with Crippen LogP contribution >= 0.6 is 11.3 Å². The van der Waals surface area contributed by atoms with E-state index in [4.69, 9.17) is 5.26 Å². The molecule has 0 fully saturated rings. The smallest absolute Gasteiger partial charge is 0.144 e. The minimum Gasteiger partial charge on any atom is -0.304 e. The van der Waals surface area contributed by atoms with E-state index >= 15 is 0 Å². The second-order valence-corrected chi connectivity index (χ2v) is 5.39.